The maximum atomic E-state index is 4.40. The number of nitrogens with zero attached hydrogens (tertiary/aromatic N) is 4. The van der Waals surface area contributed by atoms with E-state index in [1.807, 2.05) is 19.2 Å². The highest BCUT2D eigenvalue weighted by Crippen LogP contribution is 2.08. The molecule has 0 fully saturated rings. The molecule has 2 aromatic heterocycles. The van der Waals surface area contributed by atoms with Gasteiger partial charge in [0.25, 0.3) is 0 Å². The third-order valence-corrected chi connectivity index (χ3v) is 2.55. The maximum Gasteiger partial charge on any atom is 0.203 e. The Morgan fingerprint density at radius 2 is 2.11 bits per heavy atom. The van der Waals surface area contributed by atoms with Crippen molar-refractivity contribution in [1.82, 2.24) is 19.5 Å². The Morgan fingerprint density at radius 1 is 1.28 bits per heavy atom. The van der Waals surface area contributed by atoms with Crippen molar-refractivity contribution in [3.8, 4) is 0 Å². The maximum absolute atomic E-state index is 4.40. The Balaban J connectivity index is 2.07. The average molecular weight is 245 g/mol. The lowest BCUT2D eigenvalue weighted by Crippen LogP contribution is -2.13. The number of aryl methyl sites for hydroxylation is 1. The van der Waals surface area contributed by atoms with Gasteiger partial charge in [0, 0.05) is 25.1 Å². The number of imidazole rings is 1. The van der Waals surface area contributed by atoms with E-state index in [1.165, 1.54) is 0 Å². The molecule has 0 saturated heterocycles. The van der Waals surface area contributed by atoms with Crippen molar-refractivity contribution in [2.75, 3.05) is 11.9 Å². The van der Waals surface area contributed by atoms with Gasteiger partial charge in [0.05, 0.1) is 12.2 Å². The molecule has 0 aliphatic carbocycles. The molecule has 18 heavy (non-hydrogen) atoms. The van der Waals surface area contributed by atoms with E-state index >= 15 is 0 Å². The van der Waals surface area contributed by atoms with Gasteiger partial charge in [-0.3, -0.25) is 0 Å². The van der Waals surface area contributed by atoms with Crippen LogP contribution in [0.15, 0.2) is 24.7 Å². The van der Waals surface area contributed by atoms with E-state index in [1.54, 1.807) is 12.4 Å². The Hall–Kier alpha value is -1.91. The monoisotopic (exact) mass is 245 g/mol. The van der Waals surface area contributed by atoms with Crippen molar-refractivity contribution in [1.29, 1.82) is 0 Å². The summed E-state index contributed by atoms with van der Waals surface area (Å²) in [4.78, 5) is 12.8. The lowest BCUT2D eigenvalue weighted by atomic mass is 10.2. The second-order valence-electron chi connectivity index (χ2n) is 4.75. The number of nitrogens with one attached hydrogen (secondary N) is 1. The van der Waals surface area contributed by atoms with Crippen LogP contribution in [0.1, 0.15) is 25.4 Å². The van der Waals surface area contributed by atoms with Crippen LogP contribution in [0.3, 0.4) is 0 Å². The van der Waals surface area contributed by atoms with Crippen LogP contribution in [-0.2, 0) is 6.54 Å². The zero-order valence-corrected chi connectivity index (χ0v) is 11.1. The van der Waals surface area contributed by atoms with Crippen molar-refractivity contribution >= 4 is 5.95 Å². The fourth-order valence-electron chi connectivity index (χ4n) is 1.67. The first-order chi connectivity index (χ1) is 8.65. The minimum Gasteiger partial charge on any atom is -0.355 e. The van der Waals surface area contributed by atoms with Gasteiger partial charge in [-0.2, -0.15) is 0 Å². The molecule has 2 rings (SSSR count). The summed E-state index contributed by atoms with van der Waals surface area (Å²) >= 11 is 0. The molecule has 0 amide bonds. The van der Waals surface area contributed by atoms with Gasteiger partial charge in [0.1, 0.15) is 5.82 Å². The van der Waals surface area contributed by atoms with E-state index in [-0.39, 0.29) is 0 Å². The van der Waals surface area contributed by atoms with Crippen molar-refractivity contribution in [3.05, 3.63) is 36.2 Å². The summed E-state index contributed by atoms with van der Waals surface area (Å²) in [6, 6.07) is 1.93. The second-order valence-corrected chi connectivity index (χ2v) is 4.75. The molecular formula is C13H19N5. The van der Waals surface area contributed by atoms with E-state index in [0.29, 0.717) is 12.5 Å². The Kier molecular flexibility index (Phi) is 3.92. The quantitative estimate of drug-likeness (QED) is 0.876. The van der Waals surface area contributed by atoms with E-state index in [9.17, 15) is 0 Å². The van der Waals surface area contributed by atoms with Crippen LogP contribution in [0.2, 0.25) is 0 Å². The van der Waals surface area contributed by atoms with Gasteiger partial charge >= 0.3 is 0 Å². The fraction of sp³-hybridized carbons (Fsp3) is 0.462. The van der Waals surface area contributed by atoms with E-state index in [0.717, 1.165) is 24.0 Å². The van der Waals surface area contributed by atoms with E-state index in [2.05, 4.69) is 38.7 Å². The predicted octanol–water partition coefficient (Wildman–Crippen LogP) is 2.10. The molecule has 0 unspecified atom stereocenters. The molecule has 2 aromatic rings. The van der Waals surface area contributed by atoms with Crippen LogP contribution in [0, 0.1) is 12.8 Å². The van der Waals surface area contributed by atoms with Gasteiger partial charge in [-0.15, -0.1) is 0 Å². The third kappa shape index (κ3) is 3.29. The Morgan fingerprint density at radius 3 is 2.83 bits per heavy atom. The highest BCUT2D eigenvalue weighted by molar-refractivity contribution is 5.26. The molecule has 1 N–H and O–H groups in total. The summed E-state index contributed by atoms with van der Waals surface area (Å²) < 4.78 is 2.06. The molecule has 0 radical (unpaired) electrons. The Labute approximate surface area is 107 Å². The van der Waals surface area contributed by atoms with Crippen LogP contribution < -0.4 is 5.32 Å². The van der Waals surface area contributed by atoms with Crippen molar-refractivity contribution in [2.24, 2.45) is 5.92 Å². The highest BCUT2D eigenvalue weighted by atomic mass is 15.2. The lowest BCUT2D eigenvalue weighted by molar-refractivity contribution is 0.674. The summed E-state index contributed by atoms with van der Waals surface area (Å²) in [5, 5.41) is 3.34. The topological polar surface area (TPSA) is 55.6 Å². The Bertz CT molecular complexity index is 504. The van der Waals surface area contributed by atoms with Gasteiger partial charge < -0.3 is 9.88 Å². The van der Waals surface area contributed by atoms with Gasteiger partial charge in [0.2, 0.25) is 5.95 Å². The summed E-state index contributed by atoms with van der Waals surface area (Å²) in [6.07, 6.45) is 5.55. The molecule has 0 aromatic carbocycles. The van der Waals surface area contributed by atoms with Crippen LogP contribution in [0.5, 0.6) is 0 Å². The zero-order valence-electron chi connectivity index (χ0n) is 11.1. The molecular weight excluding hydrogens is 226 g/mol. The number of hydrogen-bond acceptors (Lipinski definition) is 4. The van der Waals surface area contributed by atoms with Crippen molar-refractivity contribution in [2.45, 2.75) is 27.3 Å². The number of hydrogen-bond donors (Lipinski definition) is 1. The van der Waals surface area contributed by atoms with Gasteiger partial charge in [0.15, 0.2) is 0 Å². The number of rotatable bonds is 5. The summed E-state index contributed by atoms with van der Waals surface area (Å²) in [5.41, 5.74) is 0.994. The molecule has 2 heterocycles. The fourth-order valence-corrected chi connectivity index (χ4v) is 1.67. The normalized spacial score (nSPS) is 10.9. The predicted molar refractivity (Wildman–Crippen MR) is 71.4 cm³/mol. The van der Waals surface area contributed by atoms with Gasteiger partial charge in [-0.1, -0.05) is 13.8 Å². The van der Waals surface area contributed by atoms with E-state index in [4.69, 9.17) is 0 Å². The zero-order chi connectivity index (χ0) is 13.0. The molecule has 96 valence electrons. The van der Waals surface area contributed by atoms with Crippen LogP contribution in [0.25, 0.3) is 0 Å². The standard InChI is InChI=1S/C13H19N5/c1-10(2)8-16-13-15-6-7-18(13)9-12-4-5-14-11(3)17-12/h4-7,10H,8-9H2,1-3H3,(H,15,16). The molecule has 0 aliphatic heterocycles. The number of anilines is 1. The third-order valence-electron chi connectivity index (χ3n) is 2.55. The summed E-state index contributed by atoms with van der Waals surface area (Å²) in [5.74, 6) is 2.28. The summed E-state index contributed by atoms with van der Waals surface area (Å²) in [6.45, 7) is 7.88. The highest BCUT2D eigenvalue weighted by Gasteiger charge is 2.04. The van der Waals surface area contributed by atoms with Gasteiger partial charge in [-0.05, 0) is 18.9 Å². The molecule has 0 saturated carbocycles. The minimum atomic E-state index is 0.594. The molecule has 0 bridgehead atoms. The molecule has 5 nitrogen and oxygen atoms in total. The van der Waals surface area contributed by atoms with E-state index < -0.39 is 0 Å². The lowest BCUT2D eigenvalue weighted by Gasteiger charge is -2.11. The molecule has 0 atom stereocenters. The molecule has 0 aliphatic rings. The number of aromatic nitrogens is 4. The first kappa shape index (κ1) is 12.5. The summed E-state index contributed by atoms with van der Waals surface area (Å²) in [7, 11) is 0. The largest absolute Gasteiger partial charge is 0.355 e. The molecule has 5 heteroatoms. The van der Waals surface area contributed by atoms with Crippen molar-refractivity contribution in [3.63, 3.8) is 0 Å². The first-order valence-corrected chi connectivity index (χ1v) is 6.18. The molecule has 0 spiro atoms. The smallest absolute Gasteiger partial charge is 0.203 e. The first-order valence-electron chi connectivity index (χ1n) is 6.18. The van der Waals surface area contributed by atoms with Crippen LogP contribution in [-0.4, -0.2) is 26.1 Å². The minimum absolute atomic E-state index is 0.594. The average Bonchev–Trinajstić information content (AvgIpc) is 2.74. The van der Waals surface area contributed by atoms with Crippen LogP contribution in [0.4, 0.5) is 5.95 Å². The SMILES string of the molecule is Cc1nccc(Cn2ccnc2NCC(C)C)n1. The van der Waals surface area contributed by atoms with Crippen molar-refractivity contribution < 1.29 is 0 Å². The van der Waals surface area contributed by atoms with Crippen LogP contribution >= 0.6 is 0 Å². The van der Waals surface area contributed by atoms with Gasteiger partial charge in [-0.25, -0.2) is 15.0 Å². The second kappa shape index (κ2) is 5.62.